The maximum absolute atomic E-state index is 6.37. The van der Waals surface area contributed by atoms with E-state index < -0.39 is 0 Å². The van der Waals surface area contributed by atoms with Crippen LogP contribution in [0, 0.1) is 0 Å². The number of benzene rings is 1. The van der Waals surface area contributed by atoms with Crippen molar-refractivity contribution < 1.29 is 0 Å². The summed E-state index contributed by atoms with van der Waals surface area (Å²) in [4.78, 5) is 1.39. The fourth-order valence-corrected chi connectivity index (χ4v) is 3.57. The molecule has 19 heavy (non-hydrogen) atoms. The van der Waals surface area contributed by atoms with Gasteiger partial charge in [-0.2, -0.15) is 0 Å². The largest absolute Gasteiger partial charge is 0.306 e. The molecule has 0 saturated heterocycles. The van der Waals surface area contributed by atoms with Gasteiger partial charge < -0.3 is 5.32 Å². The van der Waals surface area contributed by atoms with Gasteiger partial charge >= 0.3 is 0 Å². The SMILES string of the molecule is CCCNC(c1ccccc1Cl)c1sccc1CC. The van der Waals surface area contributed by atoms with Crippen LogP contribution in [0.4, 0.5) is 0 Å². The van der Waals surface area contributed by atoms with E-state index in [2.05, 4.69) is 42.7 Å². The molecule has 102 valence electrons. The zero-order chi connectivity index (χ0) is 13.7. The average molecular weight is 294 g/mol. The van der Waals surface area contributed by atoms with E-state index in [1.54, 1.807) is 0 Å². The van der Waals surface area contributed by atoms with Gasteiger partial charge in [-0.15, -0.1) is 11.3 Å². The third kappa shape index (κ3) is 3.38. The van der Waals surface area contributed by atoms with Gasteiger partial charge in [-0.25, -0.2) is 0 Å². The molecular weight excluding hydrogens is 274 g/mol. The molecule has 0 bridgehead atoms. The number of aryl methyl sites for hydroxylation is 1. The summed E-state index contributed by atoms with van der Waals surface area (Å²) in [5.41, 5.74) is 2.59. The van der Waals surface area contributed by atoms with Crippen molar-refractivity contribution in [3.8, 4) is 0 Å². The number of rotatable bonds is 6. The Labute approximate surface area is 124 Å². The number of nitrogens with one attached hydrogen (secondary N) is 1. The van der Waals surface area contributed by atoms with Gasteiger partial charge in [-0.1, -0.05) is 43.6 Å². The lowest BCUT2D eigenvalue weighted by Gasteiger charge is -2.20. The van der Waals surface area contributed by atoms with Gasteiger partial charge in [0.2, 0.25) is 0 Å². The summed E-state index contributed by atoms with van der Waals surface area (Å²) in [7, 11) is 0. The Kier molecular flexibility index (Phi) is 5.44. The third-order valence-electron chi connectivity index (χ3n) is 3.24. The minimum atomic E-state index is 0.212. The van der Waals surface area contributed by atoms with E-state index in [4.69, 9.17) is 11.6 Å². The van der Waals surface area contributed by atoms with Crippen LogP contribution >= 0.6 is 22.9 Å². The molecule has 1 aromatic carbocycles. The van der Waals surface area contributed by atoms with Crippen LogP contribution in [0.5, 0.6) is 0 Å². The minimum absolute atomic E-state index is 0.212. The Morgan fingerprint density at radius 1 is 1.21 bits per heavy atom. The first-order valence-corrected chi connectivity index (χ1v) is 8.07. The second kappa shape index (κ2) is 7.09. The first kappa shape index (κ1) is 14.6. The zero-order valence-electron chi connectivity index (χ0n) is 11.4. The maximum atomic E-state index is 6.37. The van der Waals surface area contributed by atoms with Crippen LogP contribution in [-0.2, 0) is 6.42 Å². The molecular formula is C16H20ClNS. The van der Waals surface area contributed by atoms with Gasteiger partial charge in [0.15, 0.2) is 0 Å². The minimum Gasteiger partial charge on any atom is -0.306 e. The van der Waals surface area contributed by atoms with Crippen LogP contribution in [0.1, 0.15) is 42.3 Å². The molecule has 2 aromatic rings. The Morgan fingerprint density at radius 3 is 2.68 bits per heavy atom. The molecule has 0 saturated carbocycles. The van der Waals surface area contributed by atoms with Crippen molar-refractivity contribution >= 4 is 22.9 Å². The normalized spacial score (nSPS) is 12.6. The predicted octanol–water partition coefficient (Wildman–Crippen LogP) is 5.05. The molecule has 1 aromatic heterocycles. The second-order valence-corrected chi connectivity index (χ2v) is 5.93. The molecule has 1 atom stereocenters. The highest BCUT2D eigenvalue weighted by molar-refractivity contribution is 7.10. The standard InChI is InChI=1S/C16H20ClNS/c1-3-10-18-15(13-7-5-6-8-14(13)17)16-12(4-2)9-11-19-16/h5-9,11,15,18H,3-4,10H2,1-2H3. The molecule has 0 aliphatic carbocycles. The van der Waals surface area contributed by atoms with Crippen molar-refractivity contribution in [2.75, 3.05) is 6.54 Å². The Bertz CT molecular complexity index is 521. The molecule has 1 N–H and O–H groups in total. The molecule has 3 heteroatoms. The molecule has 0 radical (unpaired) electrons. The summed E-state index contributed by atoms with van der Waals surface area (Å²) < 4.78 is 0. The summed E-state index contributed by atoms with van der Waals surface area (Å²) in [6.07, 6.45) is 2.18. The first-order valence-electron chi connectivity index (χ1n) is 6.82. The fraction of sp³-hybridized carbons (Fsp3) is 0.375. The Hall–Kier alpha value is -0.830. The molecule has 1 heterocycles. The van der Waals surface area contributed by atoms with E-state index in [-0.39, 0.29) is 6.04 Å². The maximum Gasteiger partial charge on any atom is 0.0688 e. The lowest BCUT2D eigenvalue weighted by molar-refractivity contribution is 0.603. The van der Waals surface area contributed by atoms with E-state index in [1.165, 1.54) is 16.0 Å². The van der Waals surface area contributed by atoms with Gasteiger partial charge in [0.25, 0.3) is 0 Å². The van der Waals surface area contributed by atoms with Crippen LogP contribution in [-0.4, -0.2) is 6.54 Å². The summed E-state index contributed by atoms with van der Waals surface area (Å²) >= 11 is 8.19. The van der Waals surface area contributed by atoms with E-state index >= 15 is 0 Å². The molecule has 0 aliphatic rings. The van der Waals surface area contributed by atoms with Crippen molar-refractivity contribution in [2.45, 2.75) is 32.7 Å². The van der Waals surface area contributed by atoms with E-state index in [0.29, 0.717) is 0 Å². The van der Waals surface area contributed by atoms with Gasteiger partial charge in [-0.05, 0) is 48.0 Å². The highest BCUT2D eigenvalue weighted by Crippen LogP contribution is 2.33. The van der Waals surface area contributed by atoms with Crippen LogP contribution in [0.15, 0.2) is 35.7 Å². The molecule has 2 rings (SSSR count). The molecule has 0 fully saturated rings. The van der Waals surface area contributed by atoms with Crippen molar-refractivity contribution in [1.82, 2.24) is 5.32 Å². The summed E-state index contributed by atoms with van der Waals surface area (Å²) in [6.45, 7) is 5.39. The van der Waals surface area contributed by atoms with Crippen molar-refractivity contribution in [1.29, 1.82) is 0 Å². The Morgan fingerprint density at radius 2 is 2.00 bits per heavy atom. The van der Waals surface area contributed by atoms with Gasteiger partial charge in [0, 0.05) is 9.90 Å². The van der Waals surface area contributed by atoms with E-state index in [9.17, 15) is 0 Å². The van der Waals surface area contributed by atoms with Crippen LogP contribution in [0.25, 0.3) is 0 Å². The predicted molar refractivity (Wildman–Crippen MR) is 85.3 cm³/mol. The fourth-order valence-electron chi connectivity index (χ4n) is 2.23. The highest BCUT2D eigenvalue weighted by Gasteiger charge is 2.19. The molecule has 1 unspecified atom stereocenters. The smallest absolute Gasteiger partial charge is 0.0688 e. The number of hydrogen-bond acceptors (Lipinski definition) is 2. The van der Waals surface area contributed by atoms with Crippen LogP contribution in [0.3, 0.4) is 0 Å². The molecule has 1 nitrogen and oxygen atoms in total. The van der Waals surface area contributed by atoms with Gasteiger partial charge in [-0.3, -0.25) is 0 Å². The number of thiophene rings is 1. The van der Waals surface area contributed by atoms with E-state index in [0.717, 1.165) is 24.4 Å². The van der Waals surface area contributed by atoms with Gasteiger partial charge in [0.1, 0.15) is 0 Å². The molecule has 0 amide bonds. The number of hydrogen-bond donors (Lipinski definition) is 1. The molecule has 0 spiro atoms. The van der Waals surface area contributed by atoms with E-state index in [1.807, 2.05) is 23.5 Å². The third-order valence-corrected chi connectivity index (χ3v) is 4.61. The lowest BCUT2D eigenvalue weighted by atomic mass is 10.0. The Balaban J connectivity index is 2.39. The quantitative estimate of drug-likeness (QED) is 0.785. The molecule has 0 aliphatic heterocycles. The van der Waals surface area contributed by atoms with Crippen LogP contribution in [0.2, 0.25) is 5.02 Å². The second-order valence-electron chi connectivity index (χ2n) is 4.57. The monoisotopic (exact) mass is 293 g/mol. The average Bonchev–Trinajstić information content (AvgIpc) is 2.89. The van der Waals surface area contributed by atoms with Crippen molar-refractivity contribution in [2.24, 2.45) is 0 Å². The summed E-state index contributed by atoms with van der Waals surface area (Å²) in [5, 5.41) is 6.64. The van der Waals surface area contributed by atoms with Gasteiger partial charge in [0.05, 0.1) is 6.04 Å². The first-order chi connectivity index (χ1) is 9.27. The summed E-state index contributed by atoms with van der Waals surface area (Å²) in [5.74, 6) is 0. The topological polar surface area (TPSA) is 12.0 Å². The van der Waals surface area contributed by atoms with Crippen molar-refractivity contribution in [3.05, 3.63) is 56.7 Å². The van der Waals surface area contributed by atoms with Crippen LogP contribution < -0.4 is 5.32 Å². The zero-order valence-corrected chi connectivity index (χ0v) is 13.0. The summed E-state index contributed by atoms with van der Waals surface area (Å²) in [6, 6.07) is 10.6. The highest BCUT2D eigenvalue weighted by atomic mass is 35.5. The number of halogens is 1. The van der Waals surface area contributed by atoms with Crippen molar-refractivity contribution in [3.63, 3.8) is 0 Å². The lowest BCUT2D eigenvalue weighted by Crippen LogP contribution is -2.23.